The average Bonchev–Trinajstić information content (AvgIpc) is 2.85. The van der Waals surface area contributed by atoms with Gasteiger partial charge in [0.15, 0.2) is 6.29 Å². The van der Waals surface area contributed by atoms with Gasteiger partial charge in [-0.25, -0.2) is 0 Å². The Morgan fingerprint density at radius 1 is 0.778 bits per heavy atom. The summed E-state index contributed by atoms with van der Waals surface area (Å²) in [5, 5.41) is 12.1. The number of alkyl halides is 3. The number of halogens is 3. The van der Waals surface area contributed by atoms with Crippen molar-refractivity contribution in [2.45, 2.75) is 58.2 Å². The van der Waals surface area contributed by atoms with E-state index < -0.39 is 44.3 Å². The van der Waals surface area contributed by atoms with Crippen molar-refractivity contribution in [3.63, 3.8) is 0 Å². The van der Waals surface area contributed by atoms with E-state index in [1.165, 1.54) is 6.92 Å². The first-order valence-electron chi connectivity index (χ1n) is 12.1. The Bertz CT molecular complexity index is 1030. The molecular weight excluding hydrogens is 481 g/mol. The maximum atomic E-state index is 14.7. The van der Waals surface area contributed by atoms with Gasteiger partial charge in [-0.15, -0.1) is 0 Å². The smallest absolute Gasteiger partial charge is 0.401 e. The van der Waals surface area contributed by atoms with E-state index in [9.17, 15) is 18.3 Å². The van der Waals surface area contributed by atoms with E-state index in [4.69, 9.17) is 9.16 Å². The molecular formula is C29H35F3O3Si. The highest BCUT2D eigenvalue weighted by Gasteiger charge is 2.61. The molecule has 0 radical (unpaired) electrons. The van der Waals surface area contributed by atoms with Gasteiger partial charge in [-0.1, -0.05) is 119 Å². The monoisotopic (exact) mass is 516 g/mol. The van der Waals surface area contributed by atoms with E-state index >= 15 is 0 Å². The minimum absolute atomic E-state index is 0.140. The van der Waals surface area contributed by atoms with Gasteiger partial charge in [0.1, 0.15) is 5.41 Å². The van der Waals surface area contributed by atoms with E-state index in [0.717, 1.165) is 10.4 Å². The summed E-state index contributed by atoms with van der Waals surface area (Å²) in [5.41, 5.74) is -1.92. The second kappa shape index (κ2) is 11.3. The molecule has 3 aromatic carbocycles. The lowest BCUT2D eigenvalue weighted by Crippen LogP contribution is -2.68. The molecule has 3 aromatic rings. The van der Waals surface area contributed by atoms with Crippen molar-refractivity contribution < 1.29 is 27.4 Å². The lowest BCUT2D eigenvalue weighted by atomic mass is 9.84. The lowest BCUT2D eigenvalue weighted by Gasteiger charge is -2.46. The largest absolute Gasteiger partial charge is 0.406 e. The molecule has 194 valence electrons. The number of rotatable bonds is 10. The maximum absolute atomic E-state index is 14.7. The van der Waals surface area contributed by atoms with Crippen LogP contribution in [0.4, 0.5) is 13.2 Å². The molecule has 0 aliphatic heterocycles. The highest BCUT2D eigenvalue weighted by atomic mass is 28.4. The predicted octanol–water partition coefficient (Wildman–Crippen LogP) is 6.06. The summed E-state index contributed by atoms with van der Waals surface area (Å²) in [5.74, 6) is 0. The van der Waals surface area contributed by atoms with E-state index in [-0.39, 0.29) is 6.61 Å². The quantitative estimate of drug-likeness (QED) is 0.263. The first-order valence-corrected chi connectivity index (χ1v) is 14.0. The van der Waals surface area contributed by atoms with Gasteiger partial charge in [0.2, 0.25) is 0 Å². The van der Waals surface area contributed by atoms with Gasteiger partial charge in [0.05, 0.1) is 13.2 Å². The van der Waals surface area contributed by atoms with Crippen molar-refractivity contribution in [3.8, 4) is 0 Å². The number of hydrogen-bond donors (Lipinski definition) is 1. The van der Waals surface area contributed by atoms with Gasteiger partial charge >= 0.3 is 6.18 Å². The van der Waals surface area contributed by atoms with Crippen LogP contribution >= 0.6 is 0 Å². The minimum Gasteiger partial charge on any atom is -0.406 e. The molecule has 3 nitrogen and oxygen atoms in total. The maximum Gasteiger partial charge on any atom is 0.401 e. The second-order valence-electron chi connectivity index (χ2n) is 10.1. The zero-order valence-corrected chi connectivity index (χ0v) is 22.3. The third-order valence-corrected chi connectivity index (χ3v) is 11.9. The summed E-state index contributed by atoms with van der Waals surface area (Å²) in [6.07, 6.45) is -7.26. The standard InChI is InChI=1S/C29H35F3O3Si/c1-5-28(29(30,31)32,26(33)34-21-23-15-9-6-10-16-23)22-35-36(27(2,3)4,24-17-11-7-12-18-24)25-19-13-8-14-20-25/h6-20,26,33H,5,21-22H2,1-4H3. The molecule has 3 rings (SSSR count). The first-order chi connectivity index (χ1) is 17.0. The van der Waals surface area contributed by atoms with Crippen molar-refractivity contribution >= 4 is 18.7 Å². The van der Waals surface area contributed by atoms with Crippen LogP contribution in [0.25, 0.3) is 0 Å². The Morgan fingerprint density at radius 2 is 1.22 bits per heavy atom. The Labute approximate surface area is 213 Å². The van der Waals surface area contributed by atoms with Crippen LogP contribution in [0, 0.1) is 5.41 Å². The van der Waals surface area contributed by atoms with Gasteiger partial charge in [0.25, 0.3) is 8.32 Å². The van der Waals surface area contributed by atoms with E-state index in [1.54, 1.807) is 24.3 Å². The summed E-state index contributed by atoms with van der Waals surface area (Å²) < 4.78 is 56.2. The molecule has 1 N–H and O–H groups in total. The summed E-state index contributed by atoms with van der Waals surface area (Å²) in [6.45, 7) is 6.56. The predicted molar refractivity (Wildman–Crippen MR) is 140 cm³/mol. The summed E-state index contributed by atoms with van der Waals surface area (Å²) >= 11 is 0. The van der Waals surface area contributed by atoms with Crippen LogP contribution in [0.3, 0.4) is 0 Å². The first kappa shape index (κ1) is 28.1. The molecule has 0 heterocycles. The summed E-state index contributed by atoms with van der Waals surface area (Å²) in [7, 11) is -3.25. The zero-order chi connectivity index (χ0) is 26.5. The number of aliphatic hydroxyl groups is 1. The second-order valence-corrected chi connectivity index (χ2v) is 14.4. The molecule has 2 atom stereocenters. The molecule has 0 bridgehead atoms. The Hall–Kier alpha value is -2.45. The Kier molecular flexibility index (Phi) is 8.83. The minimum atomic E-state index is -4.76. The number of benzene rings is 3. The third kappa shape index (κ3) is 5.59. The molecule has 0 saturated heterocycles. The molecule has 0 aliphatic rings. The zero-order valence-electron chi connectivity index (χ0n) is 21.3. The molecule has 0 saturated carbocycles. The van der Waals surface area contributed by atoms with Crippen LogP contribution < -0.4 is 10.4 Å². The van der Waals surface area contributed by atoms with Crippen molar-refractivity contribution in [3.05, 3.63) is 96.6 Å². The molecule has 0 aliphatic carbocycles. The fourth-order valence-electron chi connectivity index (χ4n) is 4.68. The molecule has 7 heteroatoms. The average molecular weight is 517 g/mol. The highest BCUT2D eigenvalue weighted by Crippen LogP contribution is 2.47. The molecule has 0 fully saturated rings. The Morgan fingerprint density at radius 3 is 1.61 bits per heavy atom. The molecule has 0 amide bonds. The summed E-state index contributed by atoms with van der Waals surface area (Å²) in [6, 6.07) is 27.8. The lowest BCUT2D eigenvalue weighted by molar-refractivity contribution is -0.317. The van der Waals surface area contributed by atoms with Gasteiger partial charge < -0.3 is 14.3 Å². The summed E-state index contributed by atoms with van der Waals surface area (Å²) in [4.78, 5) is 0. The fraction of sp³-hybridized carbons (Fsp3) is 0.379. The number of aliphatic hydroxyl groups excluding tert-OH is 1. The third-order valence-electron chi connectivity index (χ3n) is 6.88. The van der Waals surface area contributed by atoms with Crippen LogP contribution in [0.15, 0.2) is 91.0 Å². The van der Waals surface area contributed by atoms with Crippen molar-refractivity contribution in [2.24, 2.45) is 5.41 Å². The van der Waals surface area contributed by atoms with Gasteiger partial charge in [-0.2, -0.15) is 13.2 Å². The fourth-order valence-corrected chi connectivity index (χ4v) is 9.31. The van der Waals surface area contributed by atoms with Crippen LogP contribution in [-0.2, 0) is 15.8 Å². The van der Waals surface area contributed by atoms with E-state index in [0.29, 0.717) is 5.56 Å². The SMILES string of the molecule is CCC(CO[Si](c1ccccc1)(c1ccccc1)C(C)(C)C)(C(O)OCc1ccccc1)C(F)(F)F. The molecule has 36 heavy (non-hydrogen) atoms. The topological polar surface area (TPSA) is 38.7 Å². The van der Waals surface area contributed by atoms with Gasteiger partial charge in [-0.05, 0) is 27.4 Å². The van der Waals surface area contributed by atoms with E-state index in [1.807, 2.05) is 87.5 Å². The highest BCUT2D eigenvalue weighted by molar-refractivity contribution is 6.99. The van der Waals surface area contributed by atoms with Crippen molar-refractivity contribution in [1.29, 1.82) is 0 Å². The number of hydrogen-bond acceptors (Lipinski definition) is 3. The van der Waals surface area contributed by atoms with Crippen LogP contribution in [0.1, 0.15) is 39.7 Å². The molecule has 0 aromatic heterocycles. The van der Waals surface area contributed by atoms with Crippen molar-refractivity contribution in [2.75, 3.05) is 6.61 Å². The normalized spacial score (nSPS) is 15.3. The number of ether oxygens (including phenoxy) is 1. The van der Waals surface area contributed by atoms with Crippen molar-refractivity contribution in [1.82, 2.24) is 0 Å². The van der Waals surface area contributed by atoms with Gasteiger partial charge in [0, 0.05) is 0 Å². The van der Waals surface area contributed by atoms with Crippen LogP contribution in [0.2, 0.25) is 5.04 Å². The van der Waals surface area contributed by atoms with Gasteiger partial charge in [-0.3, -0.25) is 0 Å². The molecule has 2 unspecified atom stereocenters. The van der Waals surface area contributed by atoms with Crippen LogP contribution in [-0.4, -0.2) is 32.5 Å². The van der Waals surface area contributed by atoms with E-state index in [2.05, 4.69) is 0 Å². The van der Waals surface area contributed by atoms with Crippen LogP contribution in [0.5, 0.6) is 0 Å². The molecule has 0 spiro atoms. The Balaban J connectivity index is 2.05.